The van der Waals surface area contributed by atoms with Crippen LogP contribution in [0.5, 0.6) is 0 Å². The molecule has 1 unspecified atom stereocenters. The Balaban J connectivity index is 2.36. The molecule has 0 spiro atoms. The van der Waals surface area contributed by atoms with Gasteiger partial charge in [-0.2, -0.15) is 0 Å². The minimum Gasteiger partial charge on any atom is -0.395 e. The van der Waals surface area contributed by atoms with Crippen LogP contribution in [0, 0.1) is 5.92 Å². The summed E-state index contributed by atoms with van der Waals surface area (Å²) in [5.74, 6) is 0.508. The molecule has 0 aromatic rings. The van der Waals surface area contributed by atoms with Crippen molar-refractivity contribution in [3.63, 3.8) is 0 Å². The SMILES string of the molecule is CC(C)C1N=CON1. The van der Waals surface area contributed by atoms with E-state index in [1.807, 2.05) is 0 Å². The van der Waals surface area contributed by atoms with Crippen LogP contribution in [0.1, 0.15) is 13.8 Å². The molecule has 1 rings (SSSR count). The van der Waals surface area contributed by atoms with E-state index in [4.69, 9.17) is 0 Å². The van der Waals surface area contributed by atoms with Crippen LogP contribution in [-0.2, 0) is 4.84 Å². The molecule has 0 aromatic heterocycles. The number of aliphatic imine (C=N–C) groups is 1. The van der Waals surface area contributed by atoms with E-state index in [2.05, 4.69) is 29.2 Å². The van der Waals surface area contributed by atoms with Crippen molar-refractivity contribution in [3.05, 3.63) is 0 Å². The van der Waals surface area contributed by atoms with Gasteiger partial charge in [0.1, 0.15) is 6.17 Å². The maximum atomic E-state index is 4.68. The van der Waals surface area contributed by atoms with Gasteiger partial charge in [0.25, 0.3) is 0 Å². The van der Waals surface area contributed by atoms with Crippen molar-refractivity contribution in [2.24, 2.45) is 10.9 Å². The van der Waals surface area contributed by atoms with E-state index >= 15 is 0 Å². The van der Waals surface area contributed by atoms with Gasteiger partial charge in [-0.3, -0.25) is 0 Å². The van der Waals surface area contributed by atoms with Gasteiger partial charge >= 0.3 is 0 Å². The number of hydrogen-bond donors (Lipinski definition) is 1. The highest BCUT2D eigenvalue weighted by Gasteiger charge is 2.13. The summed E-state index contributed by atoms with van der Waals surface area (Å²) in [5, 5.41) is 0. The van der Waals surface area contributed by atoms with Crippen LogP contribution in [-0.4, -0.2) is 12.6 Å². The monoisotopic (exact) mass is 114 g/mol. The third-order valence-corrected chi connectivity index (χ3v) is 1.09. The summed E-state index contributed by atoms with van der Waals surface area (Å²) >= 11 is 0. The molecular weight excluding hydrogens is 104 g/mol. The number of rotatable bonds is 1. The van der Waals surface area contributed by atoms with Crippen molar-refractivity contribution in [2.45, 2.75) is 20.0 Å². The fourth-order valence-electron chi connectivity index (χ4n) is 0.535. The van der Waals surface area contributed by atoms with Crippen LogP contribution in [0.2, 0.25) is 0 Å². The summed E-state index contributed by atoms with van der Waals surface area (Å²) in [6.45, 7) is 4.17. The maximum absolute atomic E-state index is 4.68. The van der Waals surface area contributed by atoms with Crippen LogP contribution < -0.4 is 5.48 Å². The first-order valence-electron chi connectivity index (χ1n) is 2.73. The average Bonchev–Trinajstić information content (AvgIpc) is 2.12. The first-order valence-corrected chi connectivity index (χ1v) is 2.73. The molecule has 1 N–H and O–H groups in total. The normalized spacial score (nSPS) is 26.6. The minimum absolute atomic E-state index is 0.162. The van der Waals surface area contributed by atoms with E-state index in [9.17, 15) is 0 Å². The van der Waals surface area contributed by atoms with Crippen molar-refractivity contribution in [1.82, 2.24) is 5.48 Å². The molecule has 0 saturated heterocycles. The highest BCUT2D eigenvalue weighted by Crippen LogP contribution is 2.04. The van der Waals surface area contributed by atoms with Gasteiger partial charge in [-0.05, 0) is 5.92 Å². The molecule has 1 heterocycles. The van der Waals surface area contributed by atoms with Crippen LogP contribution in [0.3, 0.4) is 0 Å². The molecule has 46 valence electrons. The van der Waals surface area contributed by atoms with E-state index in [1.165, 1.54) is 6.40 Å². The predicted octanol–water partition coefficient (Wildman–Crippen LogP) is 0.532. The first-order chi connectivity index (χ1) is 3.80. The molecule has 0 aliphatic carbocycles. The third-order valence-electron chi connectivity index (χ3n) is 1.09. The summed E-state index contributed by atoms with van der Waals surface area (Å²) < 4.78 is 0. The van der Waals surface area contributed by atoms with E-state index in [0.717, 1.165) is 0 Å². The van der Waals surface area contributed by atoms with Gasteiger partial charge in [0, 0.05) is 0 Å². The molecule has 1 aliphatic heterocycles. The van der Waals surface area contributed by atoms with Gasteiger partial charge in [-0.15, -0.1) is 5.48 Å². The predicted molar refractivity (Wildman–Crippen MR) is 31.3 cm³/mol. The smallest absolute Gasteiger partial charge is 0.198 e. The van der Waals surface area contributed by atoms with Gasteiger partial charge in [0.2, 0.25) is 0 Å². The summed E-state index contributed by atoms with van der Waals surface area (Å²) in [7, 11) is 0. The Morgan fingerprint density at radius 2 is 2.50 bits per heavy atom. The lowest BCUT2D eigenvalue weighted by Crippen LogP contribution is -2.25. The van der Waals surface area contributed by atoms with Crippen molar-refractivity contribution < 1.29 is 4.84 Å². The van der Waals surface area contributed by atoms with Gasteiger partial charge in [0.15, 0.2) is 6.40 Å². The second-order valence-electron chi connectivity index (χ2n) is 2.18. The highest BCUT2D eigenvalue weighted by molar-refractivity contribution is 5.47. The van der Waals surface area contributed by atoms with Crippen molar-refractivity contribution in [3.8, 4) is 0 Å². The zero-order valence-electron chi connectivity index (χ0n) is 5.09. The summed E-state index contributed by atoms with van der Waals surface area (Å²) in [6.07, 6.45) is 1.60. The quantitative estimate of drug-likeness (QED) is 0.539. The second kappa shape index (κ2) is 2.13. The van der Waals surface area contributed by atoms with Crippen molar-refractivity contribution in [1.29, 1.82) is 0 Å². The number of hydroxylamine groups is 1. The molecule has 3 nitrogen and oxygen atoms in total. The Morgan fingerprint density at radius 3 is 2.75 bits per heavy atom. The van der Waals surface area contributed by atoms with E-state index in [0.29, 0.717) is 5.92 Å². The Bertz CT molecular complexity index is 101. The van der Waals surface area contributed by atoms with Gasteiger partial charge in [-0.25, -0.2) is 4.99 Å². The molecule has 0 fully saturated rings. The van der Waals surface area contributed by atoms with Crippen molar-refractivity contribution in [2.75, 3.05) is 0 Å². The summed E-state index contributed by atoms with van der Waals surface area (Å²) in [4.78, 5) is 8.65. The molecule has 0 saturated carbocycles. The van der Waals surface area contributed by atoms with Gasteiger partial charge in [-0.1, -0.05) is 13.8 Å². The third kappa shape index (κ3) is 0.980. The first kappa shape index (κ1) is 5.56. The Morgan fingerprint density at radius 1 is 1.75 bits per heavy atom. The molecule has 1 atom stereocenters. The Hall–Kier alpha value is -0.570. The van der Waals surface area contributed by atoms with Crippen LogP contribution in [0.15, 0.2) is 4.99 Å². The second-order valence-corrected chi connectivity index (χ2v) is 2.18. The van der Waals surface area contributed by atoms with E-state index < -0.39 is 0 Å². The van der Waals surface area contributed by atoms with E-state index in [1.54, 1.807) is 0 Å². The van der Waals surface area contributed by atoms with Crippen LogP contribution in [0.4, 0.5) is 0 Å². The van der Waals surface area contributed by atoms with Crippen molar-refractivity contribution >= 4 is 6.40 Å². The maximum Gasteiger partial charge on any atom is 0.198 e. The zero-order chi connectivity index (χ0) is 5.98. The summed E-state index contributed by atoms with van der Waals surface area (Å²) in [6, 6.07) is 0. The summed E-state index contributed by atoms with van der Waals surface area (Å²) in [5.41, 5.74) is 2.73. The average molecular weight is 114 g/mol. The molecular formula is C5H10N2O. The molecule has 0 amide bonds. The lowest BCUT2D eigenvalue weighted by atomic mass is 10.2. The standard InChI is InChI=1S/C5H10N2O/c1-4(2)5-6-3-8-7-5/h3-5,7H,1-2H3. The fourth-order valence-corrected chi connectivity index (χ4v) is 0.535. The Kier molecular flexibility index (Phi) is 1.48. The van der Waals surface area contributed by atoms with Gasteiger partial charge in [0.05, 0.1) is 0 Å². The van der Waals surface area contributed by atoms with Crippen LogP contribution >= 0.6 is 0 Å². The molecule has 0 bridgehead atoms. The molecule has 3 heteroatoms. The van der Waals surface area contributed by atoms with Crippen LogP contribution in [0.25, 0.3) is 0 Å². The largest absolute Gasteiger partial charge is 0.395 e. The Labute approximate surface area is 48.7 Å². The fraction of sp³-hybridized carbons (Fsp3) is 0.800. The topological polar surface area (TPSA) is 33.6 Å². The molecule has 1 aliphatic rings. The highest BCUT2D eigenvalue weighted by atomic mass is 16.7. The number of nitrogens with zero attached hydrogens (tertiary/aromatic N) is 1. The lowest BCUT2D eigenvalue weighted by Gasteiger charge is -2.08. The number of hydrogen-bond acceptors (Lipinski definition) is 3. The minimum atomic E-state index is 0.162. The van der Waals surface area contributed by atoms with Gasteiger partial charge < -0.3 is 4.84 Å². The van der Waals surface area contributed by atoms with E-state index in [-0.39, 0.29) is 6.17 Å². The zero-order valence-corrected chi connectivity index (χ0v) is 5.09. The molecule has 0 radical (unpaired) electrons. The molecule has 0 aromatic carbocycles. The molecule has 8 heavy (non-hydrogen) atoms. The lowest BCUT2D eigenvalue weighted by molar-refractivity contribution is 0.165. The number of nitrogens with one attached hydrogen (secondary N) is 1.